The van der Waals surface area contributed by atoms with Crippen molar-refractivity contribution in [2.75, 3.05) is 45.9 Å². The van der Waals surface area contributed by atoms with E-state index in [0.717, 1.165) is 4.31 Å². The molecule has 10 heteroatoms. The summed E-state index contributed by atoms with van der Waals surface area (Å²) in [6, 6.07) is 3.08. The quantitative estimate of drug-likeness (QED) is 0.671. The molecule has 138 valence electrons. The molecule has 1 aliphatic rings. The van der Waals surface area contributed by atoms with Crippen LogP contribution in [-0.4, -0.2) is 63.6 Å². The van der Waals surface area contributed by atoms with Gasteiger partial charge in [-0.05, 0) is 12.1 Å². The van der Waals surface area contributed by atoms with Crippen LogP contribution < -0.4 is 0 Å². The van der Waals surface area contributed by atoms with Crippen LogP contribution in [0.3, 0.4) is 0 Å². The first-order valence-corrected chi connectivity index (χ1v) is 9.12. The summed E-state index contributed by atoms with van der Waals surface area (Å²) in [4.78, 5) is 1.03. The van der Waals surface area contributed by atoms with Crippen molar-refractivity contribution in [1.82, 2.24) is 9.21 Å². The molecule has 2 rings (SSSR count). The summed E-state index contributed by atoms with van der Waals surface area (Å²) in [6.07, 6.45) is -0.104. The molecule has 0 aromatic heterocycles. The second kappa shape index (κ2) is 8.62. The molecule has 0 N–H and O–H groups in total. The van der Waals surface area contributed by atoms with E-state index in [-0.39, 0.29) is 19.5 Å². The number of halogens is 3. The molecule has 0 aliphatic carbocycles. The van der Waals surface area contributed by atoms with Crippen LogP contribution in [0.1, 0.15) is 6.42 Å². The third kappa shape index (κ3) is 4.70. The molecule has 1 aromatic carbocycles. The molecule has 0 amide bonds. The summed E-state index contributed by atoms with van der Waals surface area (Å²) in [5.41, 5.74) is 0. The van der Waals surface area contributed by atoms with Crippen molar-refractivity contribution >= 4 is 10.0 Å². The topological polar surface area (TPSA) is 73.6 Å². The molecule has 0 unspecified atom stereocenters. The van der Waals surface area contributed by atoms with Gasteiger partial charge in [0.05, 0.1) is 19.3 Å². The Kier molecular flexibility index (Phi) is 6.78. The first-order chi connectivity index (χ1) is 11.9. The predicted molar refractivity (Wildman–Crippen MR) is 82.6 cm³/mol. The summed E-state index contributed by atoms with van der Waals surface area (Å²) in [6.45, 7) is 2.52. The van der Waals surface area contributed by atoms with Crippen molar-refractivity contribution in [3.8, 4) is 6.07 Å². The van der Waals surface area contributed by atoms with E-state index in [1.807, 2.05) is 11.0 Å². The summed E-state index contributed by atoms with van der Waals surface area (Å²) < 4.78 is 71.8. The first kappa shape index (κ1) is 19.7. The van der Waals surface area contributed by atoms with Crippen LogP contribution in [0.15, 0.2) is 17.0 Å². The van der Waals surface area contributed by atoms with E-state index in [9.17, 15) is 21.6 Å². The molecule has 0 atom stereocenters. The molecule has 0 saturated carbocycles. The number of ether oxygens (including phenoxy) is 1. The lowest BCUT2D eigenvalue weighted by Crippen LogP contribution is -2.43. The Morgan fingerprint density at radius 3 is 2.48 bits per heavy atom. The highest BCUT2D eigenvalue weighted by Crippen LogP contribution is 2.23. The Morgan fingerprint density at radius 2 is 1.84 bits per heavy atom. The normalized spacial score (nSPS) is 16.1. The third-order valence-corrected chi connectivity index (χ3v) is 5.78. The maximum absolute atomic E-state index is 13.9. The Balaban J connectivity index is 2.22. The SMILES string of the molecule is N#CCCN(CCN1CCOCC1)S(=O)(=O)c1ccc(F)c(F)c1F. The maximum Gasteiger partial charge on any atom is 0.246 e. The molecule has 0 spiro atoms. The zero-order chi connectivity index (χ0) is 18.4. The van der Waals surface area contributed by atoms with Crippen molar-refractivity contribution in [2.45, 2.75) is 11.3 Å². The molecular formula is C15H18F3N3O3S. The Labute approximate surface area is 144 Å². The van der Waals surface area contributed by atoms with Crippen LogP contribution in [0, 0.1) is 28.8 Å². The molecular weight excluding hydrogens is 359 g/mol. The van der Waals surface area contributed by atoms with Crippen molar-refractivity contribution < 1.29 is 26.3 Å². The van der Waals surface area contributed by atoms with E-state index >= 15 is 0 Å². The average Bonchev–Trinajstić information content (AvgIpc) is 2.60. The molecule has 6 nitrogen and oxygen atoms in total. The molecule has 1 saturated heterocycles. The second-order valence-electron chi connectivity index (χ2n) is 5.44. The number of morpholine rings is 1. The Hall–Kier alpha value is -1.67. The van der Waals surface area contributed by atoms with Gasteiger partial charge in [0.1, 0.15) is 4.90 Å². The molecule has 1 aromatic rings. The number of hydrogen-bond donors (Lipinski definition) is 0. The number of hydrogen-bond acceptors (Lipinski definition) is 5. The highest BCUT2D eigenvalue weighted by atomic mass is 32.2. The smallest absolute Gasteiger partial charge is 0.246 e. The zero-order valence-corrected chi connectivity index (χ0v) is 14.2. The van der Waals surface area contributed by atoms with Crippen LogP contribution in [0.25, 0.3) is 0 Å². The average molecular weight is 377 g/mol. The predicted octanol–water partition coefficient (Wildman–Crippen LogP) is 1.34. The van der Waals surface area contributed by atoms with Gasteiger partial charge >= 0.3 is 0 Å². The molecule has 0 bridgehead atoms. The van der Waals surface area contributed by atoms with Crippen molar-refractivity contribution in [3.05, 3.63) is 29.6 Å². The summed E-state index contributed by atoms with van der Waals surface area (Å²) in [5, 5.41) is 8.72. The number of nitrogens with zero attached hydrogens (tertiary/aromatic N) is 3. The number of rotatable bonds is 7. The lowest BCUT2D eigenvalue weighted by molar-refractivity contribution is 0.0363. The van der Waals surface area contributed by atoms with Crippen LogP contribution >= 0.6 is 0 Å². The Morgan fingerprint density at radius 1 is 1.16 bits per heavy atom. The van der Waals surface area contributed by atoms with Gasteiger partial charge in [-0.15, -0.1) is 0 Å². The lowest BCUT2D eigenvalue weighted by Gasteiger charge is -2.29. The van der Waals surface area contributed by atoms with Gasteiger partial charge in [-0.2, -0.15) is 9.57 Å². The maximum atomic E-state index is 13.9. The van der Waals surface area contributed by atoms with Gasteiger partial charge in [0.25, 0.3) is 0 Å². The Bertz CT molecular complexity index is 746. The summed E-state index contributed by atoms with van der Waals surface area (Å²) in [5.74, 6) is -5.06. The van der Waals surface area contributed by atoms with E-state index in [1.165, 1.54) is 0 Å². The summed E-state index contributed by atoms with van der Waals surface area (Å²) >= 11 is 0. The fraction of sp³-hybridized carbons (Fsp3) is 0.533. The van der Waals surface area contributed by atoms with Crippen LogP contribution in [0.5, 0.6) is 0 Å². The summed E-state index contributed by atoms with van der Waals surface area (Å²) in [7, 11) is -4.40. The number of sulfonamides is 1. The molecule has 1 heterocycles. The highest BCUT2D eigenvalue weighted by Gasteiger charge is 2.30. The fourth-order valence-corrected chi connectivity index (χ4v) is 3.94. The van der Waals surface area contributed by atoms with Gasteiger partial charge in [-0.3, -0.25) is 4.90 Å². The number of nitriles is 1. The lowest BCUT2D eigenvalue weighted by atomic mass is 10.3. The van der Waals surface area contributed by atoms with Crippen LogP contribution in [-0.2, 0) is 14.8 Å². The van der Waals surface area contributed by atoms with Gasteiger partial charge in [-0.25, -0.2) is 21.6 Å². The van der Waals surface area contributed by atoms with Gasteiger partial charge in [-0.1, -0.05) is 0 Å². The highest BCUT2D eigenvalue weighted by molar-refractivity contribution is 7.89. The molecule has 1 fully saturated rings. The minimum absolute atomic E-state index is 0.00243. The minimum atomic E-state index is -4.40. The van der Waals surface area contributed by atoms with Gasteiger partial charge in [0.15, 0.2) is 17.5 Å². The zero-order valence-electron chi connectivity index (χ0n) is 13.4. The van der Waals surface area contributed by atoms with Crippen LogP contribution in [0.2, 0.25) is 0 Å². The fourth-order valence-electron chi connectivity index (χ4n) is 2.45. The molecule has 0 radical (unpaired) electrons. The van der Waals surface area contributed by atoms with Gasteiger partial charge in [0, 0.05) is 39.1 Å². The minimum Gasteiger partial charge on any atom is -0.379 e. The largest absolute Gasteiger partial charge is 0.379 e. The van der Waals surface area contributed by atoms with Gasteiger partial charge < -0.3 is 4.74 Å². The van der Waals surface area contributed by atoms with Crippen molar-refractivity contribution in [1.29, 1.82) is 5.26 Å². The monoisotopic (exact) mass is 377 g/mol. The second-order valence-corrected chi connectivity index (χ2v) is 7.35. The van der Waals surface area contributed by atoms with E-state index < -0.39 is 32.4 Å². The van der Waals surface area contributed by atoms with Gasteiger partial charge in [0.2, 0.25) is 10.0 Å². The van der Waals surface area contributed by atoms with Crippen molar-refractivity contribution in [2.24, 2.45) is 0 Å². The first-order valence-electron chi connectivity index (χ1n) is 7.68. The van der Waals surface area contributed by atoms with E-state index in [1.54, 1.807) is 0 Å². The third-order valence-electron chi connectivity index (χ3n) is 3.86. The standard InChI is InChI=1S/C15H18F3N3O3S/c16-12-2-3-13(15(18)14(12)17)25(22,23)21(5-1-4-19)7-6-20-8-10-24-11-9-20/h2-3H,1,5-11H2. The van der Waals surface area contributed by atoms with Crippen LogP contribution in [0.4, 0.5) is 13.2 Å². The van der Waals surface area contributed by atoms with E-state index in [2.05, 4.69) is 0 Å². The van der Waals surface area contributed by atoms with E-state index in [0.29, 0.717) is 45.0 Å². The molecule has 25 heavy (non-hydrogen) atoms. The molecule has 1 aliphatic heterocycles. The van der Waals surface area contributed by atoms with E-state index in [4.69, 9.17) is 10.00 Å². The van der Waals surface area contributed by atoms with Crippen molar-refractivity contribution in [3.63, 3.8) is 0 Å². The number of benzene rings is 1.